The van der Waals surface area contributed by atoms with Crippen LogP contribution in [0.5, 0.6) is 11.5 Å². The molecule has 1 aliphatic heterocycles. The highest BCUT2D eigenvalue weighted by Gasteiger charge is 2.16. The number of benzene rings is 2. The highest BCUT2D eigenvalue weighted by molar-refractivity contribution is 7.99. The Morgan fingerprint density at radius 2 is 1.90 bits per heavy atom. The second kappa shape index (κ2) is 7.77. The van der Waals surface area contributed by atoms with Crippen LogP contribution in [0.4, 0.5) is 0 Å². The normalized spacial score (nSPS) is 12.6. The number of carbonyl (C=O) groups is 1. The van der Waals surface area contributed by atoms with Crippen LogP contribution in [0, 0.1) is 20.8 Å². The van der Waals surface area contributed by atoms with Crippen LogP contribution in [0.3, 0.4) is 0 Å². The number of rotatable bonds is 5. The lowest BCUT2D eigenvalue weighted by Crippen LogP contribution is -2.24. The number of nitrogens with one attached hydrogen (secondary N) is 1. The summed E-state index contributed by atoms with van der Waals surface area (Å²) in [6.07, 6.45) is 0. The molecule has 31 heavy (non-hydrogen) atoms. The van der Waals surface area contributed by atoms with E-state index in [1.807, 2.05) is 28.7 Å². The molecule has 0 saturated heterocycles. The number of nitrogens with zero attached hydrogens (tertiary/aromatic N) is 3. The van der Waals surface area contributed by atoms with Crippen molar-refractivity contribution in [3.63, 3.8) is 0 Å². The van der Waals surface area contributed by atoms with Crippen LogP contribution in [0.15, 0.2) is 41.6 Å². The molecule has 2 aromatic heterocycles. The first-order chi connectivity index (χ1) is 15.0. The number of fused-ring (bicyclic) bond motifs is 4. The second-order valence-corrected chi connectivity index (χ2v) is 8.68. The van der Waals surface area contributed by atoms with Gasteiger partial charge in [0.05, 0.1) is 11.3 Å². The zero-order valence-electron chi connectivity index (χ0n) is 17.6. The van der Waals surface area contributed by atoms with E-state index in [1.54, 1.807) is 0 Å². The van der Waals surface area contributed by atoms with Crippen LogP contribution >= 0.6 is 11.8 Å². The van der Waals surface area contributed by atoms with Crippen molar-refractivity contribution in [2.75, 3.05) is 12.5 Å². The van der Waals surface area contributed by atoms with Gasteiger partial charge >= 0.3 is 0 Å². The molecule has 8 heteroatoms. The Bertz CT molecular complexity index is 1330. The summed E-state index contributed by atoms with van der Waals surface area (Å²) in [7, 11) is 0. The standard InChI is InChI=1S/C23H22N4O3S/c1-13-6-15(3)22-17(7-13)14(2)8-20-25-26-23(27(20)22)31-11-21(28)24-10-16-4-5-18-19(9-16)30-12-29-18/h4-9H,10-12H2,1-3H3,(H,24,28). The van der Waals surface area contributed by atoms with Crippen molar-refractivity contribution >= 4 is 34.2 Å². The monoisotopic (exact) mass is 434 g/mol. The van der Waals surface area contributed by atoms with Crippen molar-refractivity contribution in [3.8, 4) is 11.5 Å². The van der Waals surface area contributed by atoms with Gasteiger partial charge in [0, 0.05) is 11.9 Å². The van der Waals surface area contributed by atoms with E-state index in [4.69, 9.17) is 9.47 Å². The van der Waals surface area contributed by atoms with E-state index in [0.717, 1.165) is 28.0 Å². The summed E-state index contributed by atoms with van der Waals surface area (Å²) < 4.78 is 12.8. The Balaban J connectivity index is 1.33. The maximum Gasteiger partial charge on any atom is 0.231 e. The average Bonchev–Trinajstić information content (AvgIpc) is 3.37. The Hall–Kier alpha value is -3.26. The second-order valence-electron chi connectivity index (χ2n) is 7.73. The summed E-state index contributed by atoms with van der Waals surface area (Å²) in [6.45, 7) is 6.95. The molecule has 2 aromatic carbocycles. The molecule has 4 aromatic rings. The van der Waals surface area contributed by atoms with Crippen LogP contribution in [-0.2, 0) is 11.3 Å². The molecule has 0 fully saturated rings. The first-order valence-corrected chi connectivity index (χ1v) is 11.0. The van der Waals surface area contributed by atoms with E-state index in [1.165, 1.54) is 28.3 Å². The van der Waals surface area contributed by atoms with Gasteiger partial charge in [-0.1, -0.05) is 29.5 Å². The van der Waals surface area contributed by atoms with Gasteiger partial charge in [0.2, 0.25) is 12.7 Å². The van der Waals surface area contributed by atoms with E-state index in [2.05, 4.69) is 48.4 Å². The largest absolute Gasteiger partial charge is 0.454 e. The highest BCUT2D eigenvalue weighted by Crippen LogP contribution is 2.32. The van der Waals surface area contributed by atoms with Crippen LogP contribution in [0.2, 0.25) is 0 Å². The maximum atomic E-state index is 12.5. The minimum atomic E-state index is -0.0663. The number of hydrogen-bond acceptors (Lipinski definition) is 6. The Labute approximate surface area is 183 Å². The average molecular weight is 435 g/mol. The molecule has 0 aliphatic carbocycles. The smallest absolute Gasteiger partial charge is 0.231 e. The van der Waals surface area contributed by atoms with E-state index in [9.17, 15) is 4.79 Å². The fraction of sp³-hybridized carbons (Fsp3) is 0.261. The summed E-state index contributed by atoms with van der Waals surface area (Å²) in [4.78, 5) is 12.5. The minimum absolute atomic E-state index is 0.0663. The third-order valence-corrected chi connectivity index (χ3v) is 6.29. The molecule has 0 spiro atoms. The fourth-order valence-corrected chi connectivity index (χ4v) is 4.71. The van der Waals surface area contributed by atoms with Gasteiger partial charge in [0.1, 0.15) is 0 Å². The van der Waals surface area contributed by atoms with Crippen LogP contribution in [-0.4, -0.2) is 33.1 Å². The zero-order valence-corrected chi connectivity index (χ0v) is 18.4. The molecule has 1 N–H and O–H groups in total. The quantitative estimate of drug-likeness (QED) is 0.480. The number of hydrogen-bond donors (Lipinski definition) is 1. The number of ether oxygens (including phenoxy) is 2. The molecule has 1 aliphatic rings. The SMILES string of the molecule is Cc1cc(C)c2c(c1)c(C)cc1nnc(SCC(=O)NCc3ccc4c(c3)OCO4)n12. The van der Waals surface area contributed by atoms with Gasteiger partial charge < -0.3 is 14.8 Å². The number of thioether (sulfide) groups is 1. The first kappa shape index (κ1) is 19.7. The summed E-state index contributed by atoms with van der Waals surface area (Å²) in [5.74, 6) is 1.63. The van der Waals surface area contributed by atoms with Gasteiger partial charge in [-0.3, -0.25) is 9.20 Å². The van der Waals surface area contributed by atoms with Gasteiger partial charge in [-0.05, 0) is 61.7 Å². The lowest BCUT2D eigenvalue weighted by atomic mass is 10.0. The molecule has 3 heterocycles. The minimum Gasteiger partial charge on any atom is -0.454 e. The summed E-state index contributed by atoms with van der Waals surface area (Å²) >= 11 is 1.39. The number of carbonyl (C=O) groups excluding carboxylic acids is 1. The van der Waals surface area contributed by atoms with E-state index < -0.39 is 0 Å². The zero-order chi connectivity index (χ0) is 21.5. The third-order valence-electron chi connectivity index (χ3n) is 5.36. The molecule has 158 valence electrons. The highest BCUT2D eigenvalue weighted by atomic mass is 32.2. The van der Waals surface area contributed by atoms with Gasteiger partial charge in [0.25, 0.3) is 0 Å². The fourth-order valence-electron chi connectivity index (χ4n) is 3.94. The Morgan fingerprint density at radius 3 is 2.77 bits per heavy atom. The number of aryl methyl sites for hydroxylation is 3. The molecule has 0 bridgehead atoms. The molecule has 1 amide bonds. The van der Waals surface area contributed by atoms with Gasteiger partial charge in [0.15, 0.2) is 22.3 Å². The van der Waals surface area contributed by atoms with Gasteiger partial charge in [-0.25, -0.2) is 0 Å². The van der Waals surface area contributed by atoms with E-state index in [-0.39, 0.29) is 18.5 Å². The van der Waals surface area contributed by atoms with Crippen molar-refractivity contribution < 1.29 is 14.3 Å². The van der Waals surface area contributed by atoms with Gasteiger partial charge in [-0.15, -0.1) is 10.2 Å². The molecule has 7 nitrogen and oxygen atoms in total. The van der Waals surface area contributed by atoms with Crippen molar-refractivity contribution in [3.05, 3.63) is 58.7 Å². The molecule has 0 radical (unpaired) electrons. The topological polar surface area (TPSA) is 77.8 Å². The van der Waals surface area contributed by atoms with Crippen LogP contribution in [0.25, 0.3) is 16.6 Å². The number of pyridine rings is 1. The lowest BCUT2D eigenvalue weighted by Gasteiger charge is -2.11. The number of amides is 1. The van der Waals surface area contributed by atoms with Crippen LogP contribution < -0.4 is 14.8 Å². The van der Waals surface area contributed by atoms with E-state index >= 15 is 0 Å². The predicted octanol–water partition coefficient (Wildman–Crippen LogP) is 3.94. The molecule has 5 rings (SSSR count). The maximum absolute atomic E-state index is 12.5. The Morgan fingerprint density at radius 1 is 1.06 bits per heavy atom. The first-order valence-electron chi connectivity index (χ1n) is 10.0. The van der Waals surface area contributed by atoms with Crippen LogP contribution in [0.1, 0.15) is 22.3 Å². The molecule has 0 saturated carbocycles. The summed E-state index contributed by atoms with van der Waals surface area (Å²) in [6, 6.07) is 12.1. The summed E-state index contributed by atoms with van der Waals surface area (Å²) in [5, 5.41) is 13.5. The molecule has 0 unspecified atom stereocenters. The Kier molecular flexibility index (Phi) is 4.94. The third kappa shape index (κ3) is 3.67. The molecular formula is C23H22N4O3S. The van der Waals surface area contributed by atoms with Gasteiger partial charge in [-0.2, -0.15) is 0 Å². The van der Waals surface area contributed by atoms with Crippen molar-refractivity contribution in [2.45, 2.75) is 32.5 Å². The van der Waals surface area contributed by atoms with Crippen molar-refractivity contribution in [1.29, 1.82) is 0 Å². The van der Waals surface area contributed by atoms with Crippen molar-refractivity contribution in [1.82, 2.24) is 19.9 Å². The predicted molar refractivity (Wildman–Crippen MR) is 120 cm³/mol. The van der Waals surface area contributed by atoms with E-state index in [0.29, 0.717) is 17.5 Å². The van der Waals surface area contributed by atoms with Crippen molar-refractivity contribution in [2.24, 2.45) is 0 Å². The lowest BCUT2D eigenvalue weighted by molar-refractivity contribution is -0.118. The summed E-state index contributed by atoms with van der Waals surface area (Å²) in [5.41, 5.74) is 6.40. The molecular weight excluding hydrogens is 412 g/mol. The molecule has 0 atom stereocenters. The number of aromatic nitrogens is 3.